The second-order valence-electron chi connectivity index (χ2n) is 9.00. The van der Waals surface area contributed by atoms with Gasteiger partial charge in [-0.15, -0.1) is 0 Å². The molecule has 164 valence electrons. The Balaban J connectivity index is 1.61. The van der Waals surface area contributed by atoms with Gasteiger partial charge in [0.2, 0.25) is 5.91 Å². The predicted molar refractivity (Wildman–Crippen MR) is 116 cm³/mol. The highest BCUT2D eigenvalue weighted by molar-refractivity contribution is 6.09. The molecule has 2 aromatic rings. The minimum atomic E-state index is -1.22. The molecular weight excluding hydrogens is 397 g/mol. The fourth-order valence-corrected chi connectivity index (χ4v) is 3.54. The van der Waals surface area contributed by atoms with Gasteiger partial charge < -0.3 is 10.6 Å². The molecule has 2 aromatic carbocycles. The van der Waals surface area contributed by atoms with Crippen LogP contribution < -0.4 is 10.6 Å². The number of hydrogen-bond acceptors (Lipinski definition) is 3. The van der Waals surface area contributed by atoms with Crippen LogP contribution in [0.25, 0.3) is 0 Å². The molecule has 3 rings (SSSR count). The fourth-order valence-electron chi connectivity index (χ4n) is 3.54. The van der Waals surface area contributed by atoms with Gasteiger partial charge in [-0.25, -0.2) is 9.18 Å². The molecule has 1 aliphatic heterocycles. The molecule has 0 aromatic heterocycles. The zero-order valence-electron chi connectivity index (χ0n) is 18.3. The molecule has 0 unspecified atom stereocenters. The standard InChI is InChI=1S/C24H28FN3O3/c1-23(2,3)17-7-9-18(10-8-17)24(4)21(30)28(22(31)27-24)15-20(29)26-14-13-16-5-11-19(25)12-6-16/h5-12H,13-15H2,1-4H3,(H,26,29)(H,27,31)/t24-/m0/s1. The van der Waals surface area contributed by atoms with Crippen LogP contribution >= 0.6 is 0 Å². The number of rotatable bonds is 6. The molecule has 1 heterocycles. The van der Waals surface area contributed by atoms with E-state index in [1.807, 2.05) is 24.3 Å². The predicted octanol–water partition coefficient (Wildman–Crippen LogP) is 3.25. The van der Waals surface area contributed by atoms with Gasteiger partial charge in [0, 0.05) is 6.54 Å². The Hall–Kier alpha value is -3.22. The summed E-state index contributed by atoms with van der Waals surface area (Å²) in [6.45, 7) is 7.91. The van der Waals surface area contributed by atoms with Crippen molar-refractivity contribution in [3.8, 4) is 0 Å². The van der Waals surface area contributed by atoms with E-state index < -0.39 is 23.4 Å². The minimum Gasteiger partial charge on any atom is -0.354 e. The number of nitrogens with one attached hydrogen (secondary N) is 2. The van der Waals surface area contributed by atoms with Crippen LogP contribution in [0.1, 0.15) is 44.4 Å². The third-order valence-corrected chi connectivity index (χ3v) is 5.55. The van der Waals surface area contributed by atoms with E-state index in [-0.39, 0.29) is 17.8 Å². The normalized spacial score (nSPS) is 18.8. The lowest BCUT2D eigenvalue weighted by molar-refractivity contribution is -0.134. The second-order valence-corrected chi connectivity index (χ2v) is 9.00. The summed E-state index contributed by atoms with van der Waals surface area (Å²) >= 11 is 0. The van der Waals surface area contributed by atoms with E-state index in [0.29, 0.717) is 18.5 Å². The smallest absolute Gasteiger partial charge is 0.325 e. The highest BCUT2D eigenvalue weighted by Gasteiger charge is 2.49. The Bertz CT molecular complexity index is 981. The lowest BCUT2D eigenvalue weighted by Crippen LogP contribution is -2.43. The lowest BCUT2D eigenvalue weighted by Gasteiger charge is -2.24. The highest BCUT2D eigenvalue weighted by atomic mass is 19.1. The van der Waals surface area contributed by atoms with Crippen molar-refractivity contribution in [2.75, 3.05) is 13.1 Å². The summed E-state index contributed by atoms with van der Waals surface area (Å²) in [5, 5.41) is 5.42. The van der Waals surface area contributed by atoms with E-state index in [9.17, 15) is 18.8 Å². The van der Waals surface area contributed by atoms with E-state index >= 15 is 0 Å². The van der Waals surface area contributed by atoms with Crippen molar-refractivity contribution >= 4 is 17.8 Å². The number of amides is 4. The molecule has 0 bridgehead atoms. The van der Waals surface area contributed by atoms with Crippen LogP contribution in [0.5, 0.6) is 0 Å². The highest BCUT2D eigenvalue weighted by Crippen LogP contribution is 2.31. The van der Waals surface area contributed by atoms with Gasteiger partial charge in [0.15, 0.2) is 0 Å². The maximum Gasteiger partial charge on any atom is 0.325 e. The average Bonchev–Trinajstić information content (AvgIpc) is 2.93. The summed E-state index contributed by atoms with van der Waals surface area (Å²) in [7, 11) is 0. The topological polar surface area (TPSA) is 78.5 Å². The van der Waals surface area contributed by atoms with Crippen molar-refractivity contribution in [1.82, 2.24) is 15.5 Å². The van der Waals surface area contributed by atoms with Crippen molar-refractivity contribution in [2.24, 2.45) is 0 Å². The molecule has 4 amide bonds. The van der Waals surface area contributed by atoms with Crippen molar-refractivity contribution in [3.63, 3.8) is 0 Å². The first-order valence-electron chi connectivity index (χ1n) is 10.3. The third kappa shape index (κ3) is 4.93. The van der Waals surface area contributed by atoms with Gasteiger partial charge in [0.05, 0.1) is 0 Å². The SMILES string of the molecule is CC(C)(C)c1ccc([C@]2(C)NC(=O)N(CC(=O)NCCc3ccc(F)cc3)C2=O)cc1. The van der Waals surface area contributed by atoms with E-state index in [2.05, 4.69) is 31.4 Å². The van der Waals surface area contributed by atoms with Crippen molar-refractivity contribution < 1.29 is 18.8 Å². The van der Waals surface area contributed by atoms with Gasteiger partial charge in [0.25, 0.3) is 5.91 Å². The summed E-state index contributed by atoms with van der Waals surface area (Å²) in [5.41, 5.74) is 1.41. The first-order valence-corrected chi connectivity index (χ1v) is 10.3. The molecule has 1 aliphatic rings. The molecule has 31 heavy (non-hydrogen) atoms. The van der Waals surface area contributed by atoms with Crippen LogP contribution in [0, 0.1) is 5.82 Å². The Kier molecular flexibility index (Phi) is 6.15. The summed E-state index contributed by atoms with van der Waals surface area (Å²) < 4.78 is 12.9. The van der Waals surface area contributed by atoms with Crippen LogP contribution in [0.4, 0.5) is 9.18 Å². The van der Waals surface area contributed by atoms with Crippen molar-refractivity contribution in [1.29, 1.82) is 0 Å². The van der Waals surface area contributed by atoms with Crippen molar-refractivity contribution in [2.45, 2.75) is 45.1 Å². The number of hydrogen-bond donors (Lipinski definition) is 2. The number of carbonyl (C=O) groups is 3. The van der Waals surface area contributed by atoms with Gasteiger partial charge in [-0.2, -0.15) is 0 Å². The summed E-state index contributed by atoms with van der Waals surface area (Å²) in [6, 6.07) is 13.0. The third-order valence-electron chi connectivity index (χ3n) is 5.55. The van der Waals surface area contributed by atoms with E-state index in [1.165, 1.54) is 12.1 Å². The summed E-state index contributed by atoms with van der Waals surface area (Å²) in [4.78, 5) is 38.7. The van der Waals surface area contributed by atoms with Crippen LogP contribution in [-0.4, -0.2) is 35.8 Å². The van der Waals surface area contributed by atoms with Gasteiger partial charge in [-0.3, -0.25) is 14.5 Å². The number of nitrogens with zero attached hydrogens (tertiary/aromatic N) is 1. The Labute approximate surface area is 181 Å². The van der Waals surface area contributed by atoms with Gasteiger partial charge >= 0.3 is 6.03 Å². The maximum absolute atomic E-state index is 13.0. The quantitative estimate of drug-likeness (QED) is 0.698. The van der Waals surface area contributed by atoms with Crippen molar-refractivity contribution in [3.05, 3.63) is 71.0 Å². The molecule has 1 saturated heterocycles. The largest absolute Gasteiger partial charge is 0.354 e. The average molecular weight is 426 g/mol. The molecule has 0 radical (unpaired) electrons. The molecule has 1 atom stereocenters. The van der Waals surface area contributed by atoms with Gasteiger partial charge in [-0.05, 0) is 47.6 Å². The first-order chi connectivity index (χ1) is 14.5. The lowest BCUT2D eigenvalue weighted by atomic mass is 9.84. The van der Waals surface area contributed by atoms with Crippen LogP contribution in [-0.2, 0) is 27.0 Å². The molecule has 6 nitrogen and oxygen atoms in total. The number of benzene rings is 2. The van der Waals surface area contributed by atoms with E-state index in [1.54, 1.807) is 19.1 Å². The minimum absolute atomic E-state index is 0.0274. The van der Waals surface area contributed by atoms with Crippen LogP contribution in [0.15, 0.2) is 48.5 Å². The number of carbonyl (C=O) groups excluding carboxylic acids is 3. The zero-order valence-corrected chi connectivity index (χ0v) is 18.3. The molecule has 0 spiro atoms. The number of halogens is 1. The number of imide groups is 1. The summed E-state index contributed by atoms with van der Waals surface area (Å²) in [6.07, 6.45) is 0.518. The molecular formula is C24H28FN3O3. The van der Waals surface area contributed by atoms with Gasteiger partial charge in [-0.1, -0.05) is 57.2 Å². The monoisotopic (exact) mass is 425 g/mol. The second kappa shape index (κ2) is 8.49. The molecule has 2 N–H and O–H groups in total. The maximum atomic E-state index is 13.0. The number of urea groups is 1. The Morgan fingerprint density at radius 2 is 1.68 bits per heavy atom. The van der Waals surface area contributed by atoms with Crippen LogP contribution in [0.2, 0.25) is 0 Å². The molecule has 0 aliphatic carbocycles. The fraction of sp³-hybridized carbons (Fsp3) is 0.375. The Morgan fingerprint density at radius 3 is 2.26 bits per heavy atom. The van der Waals surface area contributed by atoms with E-state index in [4.69, 9.17) is 0 Å². The molecule has 0 saturated carbocycles. The first kappa shape index (κ1) is 22.5. The molecule has 7 heteroatoms. The molecule has 1 fully saturated rings. The van der Waals surface area contributed by atoms with E-state index in [0.717, 1.165) is 16.0 Å². The summed E-state index contributed by atoms with van der Waals surface area (Å²) in [5.74, 6) is -1.21. The van der Waals surface area contributed by atoms with Crippen LogP contribution in [0.3, 0.4) is 0 Å². The van der Waals surface area contributed by atoms with Gasteiger partial charge in [0.1, 0.15) is 17.9 Å². The Morgan fingerprint density at radius 1 is 1.06 bits per heavy atom. The zero-order chi connectivity index (χ0) is 22.8.